The van der Waals surface area contributed by atoms with E-state index in [2.05, 4.69) is 4.74 Å². The molecule has 0 spiro atoms. The van der Waals surface area contributed by atoms with E-state index in [9.17, 15) is 4.79 Å². The summed E-state index contributed by atoms with van der Waals surface area (Å²) in [5.74, 6) is 0.452. The standard InChI is InChI=1S/C8H14N2O2/c1-12-8(11)4-6-10-5-2-3-7(10)9/h9H,2-6H2,1H3. The van der Waals surface area contributed by atoms with Crippen molar-refractivity contribution in [3.8, 4) is 0 Å². The maximum Gasteiger partial charge on any atom is 0.307 e. The van der Waals surface area contributed by atoms with Crippen molar-refractivity contribution in [3.63, 3.8) is 0 Å². The van der Waals surface area contributed by atoms with Gasteiger partial charge in [0.05, 0.1) is 19.4 Å². The van der Waals surface area contributed by atoms with Crippen LogP contribution in [0.4, 0.5) is 0 Å². The summed E-state index contributed by atoms with van der Waals surface area (Å²) in [6.07, 6.45) is 2.28. The highest BCUT2D eigenvalue weighted by Crippen LogP contribution is 2.09. The summed E-state index contributed by atoms with van der Waals surface area (Å²) >= 11 is 0. The van der Waals surface area contributed by atoms with Gasteiger partial charge in [-0.3, -0.25) is 10.2 Å². The Kier molecular flexibility index (Phi) is 3.08. The average Bonchev–Trinajstić information content (AvgIpc) is 2.47. The van der Waals surface area contributed by atoms with Gasteiger partial charge in [0.2, 0.25) is 0 Å². The van der Waals surface area contributed by atoms with Gasteiger partial charge < -0.3 is 9.64 Å². The highest BCUT2D eigenvalue weighted by molar-refractivity contribution is 5.81. The summed E-state index contributed by atoms with van der Waals surface area (Å²) in [4.78, 5) is 12.7. The van der Waals surface area contributed by atoms with E-state index in [1.807, 2.05) is 4.90 Å². The zero-order valence-corrected chi connectivity index (χ0v) is 7.30. The average molecular weight is 170 g/mol. The van der Waals surface area contributed by atoms with Crippen molar-refractivity contribution in [1.82, 2.24) is 4.90 Å². The van der Waals surface area contributed by atoms with Gasteiger partial charge in [0.25, 0.3) is 0 Å². The second-order valence-electron chi connectivity index (χ2n) is 2.86. The molecule has 4 nitrogen and oxygen atoms in total. The van der Waals surface area contributed by atoms with Gasteiger partial charge in [-0.05, 0) is 6.42 Å². The van der Waals surface area contributed by atoms with Crippen LogP contribution >= 0.6 is 0 Å². The minimum atomic E-state index is -0.199. The second-order valence-corrected chi connectivity index (χ2v) is 2.86. The van der Waals surface area contributed by atoms with Crippen LogP contribution in [0.1, 0.15) is 19.3 Å². The van der Waals surface area contributed by atoms with E-state index in [1.54, 1.807) is 0 Å². The monoisotopic (exact) mass is 170 g/mol. The molecule has 0 atom stereocenters. The van der Waals surface area contributed by atoms with Crippen LogP contribution in [0.2, 0.25) is 0 Å². The summed E-state index contributed by atoms with van der Waals surface area (Å²) in [5.41, 5.74) is 0. The molecule has 68 valence electrons. The summed E-state index contributed by atoms with van der Waals surface area (Å²) in [7, 11) is 1.39. The largest absolute Gasteiger partial charge is 0.469 e. The number of carbonyl (C=O) groups excluding carboxylic acids is 1. The fourth-order valence-corrected chi connectivity index (χ4v) is 1.31. The van der Waals surface area contributed by atoms with Crippen molar-refractivity contribution < 1.29 is 9.53 Å². The molecule has 0 amide bonds. The molecule has 4 heteroatoms. The Morgan fingerprint density at radius 2 is 2.50 bits per heavy atom. The minimum Gasteiger partial charge on any atom is -0.469 e. The van der Waals surface area contributed by atoms with Gasteiger partial charge in [-0.2, -0.15) is 0 Å². The van der Waals surface area contributed by atoms with E-state index < -0.39 is 0 Å². The third-order valence-electron chi connectivity index (χ3n) is 2.04. The maximum absolute atomic E-state index is 10.8. The molecule has 0 bridgehead atoms. The first-order chi connectivity index (χ1) is 5.74. The van der Waals surface area contributed by atoms with Gasteiger partial charge in [-0.25, -0.2) is 0 Å². The highest BCUT2D eigenvalue weighted by Gasteiger charge is 2.17. The number of amidine groups is 1. The molecule has 0 aromatic heterocycles. The number of hydrogen-bond acceptors (Lipinski definition) is 3. The highest BCUT2D eigenvalue weighted by atomic mass is 16.5. The Balaban J connectivity index is 2.22. The fourth-order valence-electron chi connectivity index (χ4n) is 1.31. The number of nitrogens with zero attached hydrogens (tertiary/aromatic N) is 1. The first-order valence-electron chi connectivity index (χ1n) is 4.13. The van der Waals surface area contributed by atoms with Crippen molar-refractivity contribution in [2.24, 2.45) is 0 Å². The lowest BCUT2D eigenvalue weighted by Crippen LogP contribution is -2.27. The molecule has 1 aliphatic heterocycles. The SMILES string of the molecule is COC(=O)CCN1CCCC1=N. The molecule has 1 rings (SSSR count). The first kappa shape index (κ1) is 9.03. The molecule has 0 radical (unpaired) electrons. The topological polar surface area (TPSA) is 53.4 Å². The van der Waals surface area contributed by atoms with Crippen LogP contribution in [0.5, 0.6) is 0 Å². The van der Waals surface area contributed by atoms with E-state index in [0.29, 0.717) is 18.8 Å². The number of esters is 1. The fraction of sp³-hybridized carbons (Fsp3) is 0.750. The third kappa shape index (κ3) is 2.22. The summed E-state index contributed by atoms with van der Waals surface area (Å²) in [5, 5.41) is 7.48. The smallest absolute Gasteiger partial charge is 0.307 e. The Bertz CT molecular complexity index is 191. The lowest BCUT2D eigenvalue weighted by Gasteiger charge is -2.16. The number of hydrogen-bond donors (Lipinski definition) is 1. The van der Waals surface area contributed by atoms with Crippen LogP contribution < -0.4 is 0 Å². The normalized spacial score (nSPS) is 16.8. The third-order valence-corrected chi connectivity index (χ3v) is 2.04. The van der Waals surface area contributed by atoms with Crippen molar-refractivity contribution in [2.75, 3.05) is 20.2 Å². The Morgan fingerprint density at radius 1 is 1.75 bits per heavy atom. The number of methoxy groups -OCH3 is 1. The first-order valence-corrected chi connectivity index (χ1v) is 4.13. The lowest BCUT2D eigenvalue weighted by atomic mass is 10.4. The molecule has 1 N–H and O–H groups in total. The summed E-state index contributed by atoms with van der Waals surface area (Å²) < 4.78 is 4.51. The molecule has 1 fully saturated rings. The Hall–Kier alpha value is -1.06. The van der Waals surface area contributed by atoms with E-state index in [0.717, 1.165) is 19.4 Å². The zero-order chi connectivity index (χ0) is 8.97. The molecular formula is C8H14N2O2. The molecule has 12 heavy (non-hydrogen) atoms. The number of rotatable bonds is 3. The molecule has 0 aromatic carbocycles. The number of likely N-dealkylation sites (tertiary alicyclic amines) is 1. The van der Waals surface area contributed by atoms with Gasteiger partial charge in [0, 0.05) is 19.5 Å². The Labute approximate surface area is 72.0 Å². The van der Waals surface area contributed by atoms with Gasteiger partial charge in [-0.1, -0.05) is 0 Å². The molecule has 0 saturated carbocycles. The van der Waals surface area contributed by atoms with E-state index >= 15 is 0 Å². The second kappa shape index (κ2) is 4.09. The van der Waals surface area contributed by atoms with Crippen LogP contribution in [-0.4, -0.2) is 36.9 Å². The number of nitrogens with one attached hydrogen (secondary N) is 1. The maximum atomic E-state index is 10.8. The van der Waals surface area contributed by atoms with Gasteiger partial charge in [0.15, 0.2) is 0 Å². The van der Waals surface area contributed by atoms with Crippen LogP contribution in [-0.2, 0) is 9.53 Å². The van der Waals surface area contributed by atoms with Crippen LogP contribution in [0.25, 0.3) is 0 Å². The summed E-state index contributed by atoms with van der Waals surface area (Å²) in [6.45, 7) is 1.54. The zero-order valence-electron chi connectivity index (χ0n) is 7.30. The molecule has 0 aliphatic carbocycles. The van der Waals surface area contributed by atoms with Crippen LogP contribution in [0.15, 0.2) is 0 Å². The van der Waals surface area contributed by atoms with Gasteiger partial charge in [-0.15, -0.1) is 0 Å². The van der Waals surface area contributed by atoms with E-state index in [-0.39, 0.29) is 5.97 Å². The van der Waals surface area contributed by atoms with Gasteiger partial charge in [0.1, 0.15) is 0 Å². The van der Waals surface area contributed by atoms with Crippen molar-refractivity contribution >= 4 is 11.8 Å². The van der Waals surface area contributed by atoms with Crippen molar-refractivity contribution in [1.29, 1.82) is 5.41 Å². The van der Waals surface area contributed by atoms with E-state index in [4.69, 9.17) is 5.41 Å². The minimum absolute atomic E-state index is 0.199. The molecule has 0 unspecified atom stereocenters. The summed E-state index contributed by atoms with van der Waals surface area (Å²) in [6, 6.07) is 0. The molecule has 1 saturated heterocycles. The van der Waals surface area contributed by atoms with Crippen LogP contribution in [0, 0.1) is 5.41 Å². The van der Waals surface area contributed by atoms with Crippen molar-refractivity contribution in [3.05, 3.63) is 0 Å². The van der Waals surface area contributed by atoms with Crippen molar-refractivity contribution in [2.45, 2.75) is 19.3 Å². The number of ether oxygens (including phenoxy) is 1. The van der Waals surface area contributed by atoms with E-state index in [1.165, 1.54) is 7.11 Å². The quantitative estimate of drug-likeness (QED) is 0.632. The van der Waals surface area contributed by atoms with Gasteiger partial charge >= 0.3 is 5.97 Å². The lowest BCUT2D eigenvalue weighted by molar-refractivity contribution is -0.140. The number of carbonyl (C=O) groups is 1. The van der Waals surface area contributed by atoms with Crippen LogP contribution in [0.3, 0.4) is 0 Å². The molecular weight excluding hydrogens is 156 g/mol. The predicted octanol–water partition coefficient (Wildman–Crippen LogP) is 0.623. The predicted molar refractivity (Wildman–Crippen MR) is 45.2 cm³/mol. The molecule has 0 aromatic rings. The molecule has 1 aliphatic rings. The molecule has 1 heterocycles. The Morgan fingerprint density at radius 3 is 3.00 bits per heavy atom.